The number of sulfonamides is 1. The van der Waals surface area contributed by atoms with Crippen LogP contribution >= 0.6 is 0 Å². The van der Waals surface area contributed by atoms with Crippen molar-refractivity contribution in [2.75, 3.05) is 11.9 Å². The van der Waals surface area contributed by atoms with Crippen LogP contribution in [0.1, 0.15) is 19.4 Å². The molecule has 0 atom stereocenters. The summed E-state index contributed by atoms with van der Waals surface area (Å²) in [6.07, 6.45) is 1.88. The van der Waals surface area contributed by atoms with E-state index in [0.717, 1.165) is 10.9 Å². The number of hydrogen-bond donors (Lipinski definition) is 2. The first kappa shape index (κ1) is 20.1. The largest absolute Gasteiger partial charge is 0.338 e. The van der Waals surface area contributed by atoms with E-state index in [1.165, 1.54) is 0 Å². The summed E-state index contributed by atoms with van der Waals surface area (Å²) >= 11 is 0. The highest BCUT2D eigenvalue weighted by molar-refractivity contribution is 7.88. The van der Waals surface area contributed by atoms with Crippen LogP contribution in [0.2, 0.25) is 0 Å². The summed E-state index contributed by atoms with van der Waals surface area (Å²) < 4.78 is 28.8. The summed E-state index contributed by atoms with van der Waals surface area (Å²) in [4.78, 5) is 12.4. The predicted molar refractivity (Wildman–Crippen MR) is 112 cm³/mol. The van der Waals surface area contributed by atoms with Crippen LogP contribution in [0.15, 0.2) is 60.8 Å². The van der Waals surface area contributed by atoms with Crippen molar-refractivity contribution < 1.29 is 13.2 Å². The third-order valence-electron chi connectivity index (χ3n) is 4.27. The van der Waals surface area contributed by atoms with Crippen LogP contribution in [0.3, 0.4) is 0 Å². The van der Waals surface area contributed by atoms with E-state index in [9.17, 15) is 13.2 Å². The lowest BCUT2D eigenvalue weighted by Gasteiger charge is -2.11. The van der Waals surface area contributed by atoms with Crippen LogP contribution in [0.5, 0.6) is 0 Å². The van der Waals surface area contributed by atoms with Gasteiger partial charge in [-0.15, -0.1) is 0 Å². The average Bonchev–Trinajstić information content (AvgIpc) is 3.03. The number of hydrogen-bond acceptors (Lipinski definition) is 3. The van der Waals surface area contributed by atoms with Gasteiger partial charge in [0, 0.05) is 23.9 Å². The highest BCUT2D eigenvalue weighted by atomic mass is 32.2. The highest BCUT2D eigenvalue weighted by Gasteiger charge is 2.13. The zero-order valence-corrected chi connectivity index (χ0v) is 16.9. The van der Waals surface area contributed by atoms with Crippen LogP contribution in [-0.4, -0.2) is 25.4 Å². The van der Waals surface area contributed by atoms with Gasteiger partial charge in [0.25, 0.3) is 0 Å². The second-order valence-electron chi connectivity index (χ2n) is 7.25. The molecule has 0 spiro atoms. The van der Waals surface area contributed by atoms with Crippen molar-refractivity contribution >= 4 is 32.5 Å². The molecule has 3 rings (SSSR count). The minimum atomic E-state index is -3.41. The molecule has 1 heterocycles. The average molecular weight is 400 g/mol. The maximum Gasteiger partial charge on any atom is 0.244 e. The van der Waals surface area contributed by atoms with Crippen LogP contribution in [0.25, 0.3) is 10.9 Å². The molecule has 28 heavy (non-hydrogen) atoms. The van der Waals surface area contributed by atoms with E-state index in [1.54, 1.807) is 24.3 Å². The van der Waals surface area contributed by atoms with Gasteiger partial charge >= 0.3 is 0 Å². The maximum absolute atomic E-state index is 12.4. The van der Waals surface area contributed by atoms with Crippen molar-refractivity contribution in [1.82, 2.24) is 9.29 Å². The molecule has 0 bridgehead atoms. The van der Waals surface area contributed by atoms with Crippen LogP contribution in [0, 0.1) is 5.92 Å². The van der Waals surface area contributed by atoms with E-state index in [-0.39, 0.29) is 24.1 Å². The van der Waals surface area contributed by atoms with E-state index in [1.807, 2.05) is 54.9 Å². The third kappa shape index (κ3) is 5.43. The Labute approximate surface area is 165 Å². The molecule has 1 amide bonds. The van der Waals surface area contributed by atoms with Gasteiger partial charge in [-0.05, 0) is 41.1 Å². The van der Waals surface area contributed by atoms with Gasteiger partial charge in [0.2, 0.25) is 15.9 Å². The quantitative estimate of drug-likeness (QED) is 0.610. The molecule has 3 aromatic rings. The number of benzene rings is 2. The molecule has 0 saturated heterocycles. The molecule has 0 saturated carbocycles. The first-order valence-electron chi connectivity index (χ1n) is 9.22. The Kier molecular flexibility index (Phi) is 6.16. The lowest BCUT2D eigenvalue weighted by atomic mass is 10.2. The number of nitrogens with one attached hydrogen (secondary N) is 2. The Hall–Kier alpha value is -2.64. The van der Waals surface area contributed by atoms with Gasteiger partial charge in [-0.25, -0.2) is 13.1 Å². The Bertz CT molecular complexity index is 1070. The Morgan fingerprint density at radius 2 is 1.86 bits per heavy atom. The number of carbonyl (C=O) groups excluding carboxylic acids is 1. The minimum Gasteiger partial charge on any atom is -0.338 e. The van der Waals surface area contributed by atoms with Crippen molar-refractivity contribution in [3.05, 3.63) is 66.4 Å². The van der Waals surface area contributed by atoms with Gasteiger partial charge < -0.3 is 9.88 Å². The molecule has 0 aliphatic carbocycles. The number of rotatable bonds is 8. The summed E-state index contributed by atoms with van der Waals surface area (Å²) in [6, 6.07) is 16.8. The number of para-hydroxylation sites is 1. The molecule has 7 heteroatoms. The number of anilines is 1. The van der Waals surface area contributed by atoms with Crippen molar-refractivity contribution in [2.45, 2.75) is 26.1 Å². The summed E-state index contributed by atoms with van der Waals surface area (Å²) in [5.41, 5.74) is 2.20. The molecule has 0 radical (unpaired) electrons. The van der Waals surface area contributed by atoms with Gasteiger partial charge in [0.15, 0.2) is 0 Å². The fraction of sp³-hybridized carbons (Fsp3) is 0.286. The monoisotopic (exact) mass is 399 g/mol. The Morgan fingerprint density at radius 3 is 2.64 bits per heavy atom. The van der Waals surface area contributed by atoms with Gasteiger partial charge in [0.05, 0.1) is 5.75 Å². The van der Waals surface area contributed by atoms with E-state index in [2.05, 4.69) is 10.0 Å². The molecule has 0 fully saturated rings. The van der Waals surface area contributed by atoms with E-state index in [0.29, 0.717) is 17.8 Å². The molecular formula is C21H25N3O3S. The molecule has 0 aliphatic heterocycles. The maximum atomic E-state index is 12.4. The van der Waals surface area contributed by atoms with Gasteiger partial charge in [-0.2, -0.15) is 0 Å². The minimum absolute atomic E-state index is 0.119. The fourth-order valence-electron chi connectivity index (χ4n) is 2.94. The molecular weight excluding hydrogens is 374 g/mol. The van der Waals surface area contributed by atoms with Crippen molar-refractivity contribution in [3.63, 3.8) is 0 Å². The van der Waals surface area contributed by atoms with E-state index >= 15 is 0 Å². The molecule has 6 nitrogen and oxygen atoms in total. The Morgan fingerprint density at radius 1 is 1.07 bits per heavy atom. The topological polar surface area (TPSA) is 80.2 Å². The molecule has 0 unspecified atom stereocenters. The first-order valence-corrected chi connectivity index (χ1v) is 10.9. The van der Waals surface area contributed by atoms with Crippen molar-refractivity contribution in [1.29, 1.82) is 0 Å². The fourth-order valence-corrected chi connectivity index (χ4v) is 4.24. The zero-order chi connectivity index (χ0) is 20.1. The second kappa shape index (κ2) is 8.58. The summed E-state index contributed by atoms with van der Waals surface area (Å²) in [5.74, 6) is -0.0458. The standard InChI is InChI=1S/C21H25N3O3S/c1-16(2)13-22-28(26,27)15-17-6-5-8-19(12-17)23-21(25)14-24-11-10-18-7-3-4-9-20(18)24/h3-12,16,22H,13-15H2,1-2H3,(H,23,25). The SMILES string of the molecule is CC(C)CNS(=O)(=O)Cc1cccc(NC(=O)Cn2ccc3ccccc32)c1. The number of nitrogens with zero attached hydrogens (tertiary/aromatic N) is 1. The number of aromatic nitrogens is 1. The number of amides is 1. The van der Waals surface area contributed by atoms with Crippen LogP contribution in [-0.2, 0) is 27.1 Å². The Balaban J connectivity index is 1.64. The van der Waals surface area contributed by atoms with Gasteiger partial charge in [-0.3, -0.25) is 4.79 Å². The smallest absolute Gasteiger partial charge is 0.244 e. The molecule has 1 aromatic heterocycles. The zero-order valence-electron chi connectivity index (χ0n) is 16.1. The van der Waals surface area contributed by atoms with Crippen molar-refractivity contribution in [2.24, 2.45) is 5.92 Å². The molecule has 148 valence electrons. The molecule has 2 N–H and O–H groups in total. The molecule has 2 aromatic carbocycles. The number of carbonyl (C=O) groups is 1. The van der Waals surface area contributed by atoms with Crippen molar-refractivity contribution in [3.8, 4) is 0 Å². The normalized spacial score (nSPS) is 11.8. The molecule has 0 aliphatic rings. The number of fused-ring (bicyclic) bond motifs is 1. The first-order chi connectivity index (χ1) is 13.3. The summed E-state index contributed by atoms with van der Waals surface area (Å²) in [5, 5.41) is 3.93. The van der Waals surface area contributed by atoms with Crippen LogP contribution in [0.4, 0.5) is 5.69 Å². The summed E-state index contributed by atoms with van der Waals surface area (Å²) in [7, 11) is -3.41. The second-order valence-corrected chi connectivity index (χ2v) is 9.06. The van der Waals surface area contributed by atoms with Gasteiger partial charge in [-0.1, -0.05) is 44.2 Å². The van der Waals surface area contributed by atoms with E-state index < -0.39 is 10.0 Å². The highest BCUT2D eigenvalue weighted by Crippen LogP contribution is 2.16. The lowest BCUT2D eigenvalue weighted by molar-refractivity contribution is -0.116. The third-order valence-corrected chi connectivity index (χ3v) is 5.59. The summed E-state index contributed by atoms with van der Waals surface area (Å²) in [6.45, 7) is 4.49. The lowest BCUT2D eigenvalue weighted by Crippen LogP contribution is -2.28. The van der Waals surface area contributed by atoms with E-state index in [4.69, 9.17) is 0 Å². The van der Waals surface area contributed by atoms with Crippen LogP contribution < -0.4 is 10.0 Å². The van der Waals surface area contributed by atoms with Gasteiger partial charge in [0.1, 0.15) is 6.54 Å². The predicted octanol–water partition coefficient (Wildman–Crippen LogP) is 3.36.